The molecule has 0 fully saturated rings. The lowest BCUT2D eigenvalue weighted by Crippen LogP contribution is -2.28. The number of nitrogens with zero attached hydrogens (tertiary/aromatic N) is 1. The maximum atomic E-state index is 11.3. The fraction of sp³-hybridized carbons (Fsp3) is 0.667. The summed E-state index contributed by atoms with van der Waals surface area (Å²) in [6.45, 7) is 1.66. The summed E-state index contributed by atoms with van der Waals surface area (Å²) in [5.41, 5.74) is 5.27. The van der Waals surface area contributed by atoms with Crippen LogP contribution in [0.25, 0.3) is 0 Å². The van der Waals surface area contributed by atoms with Gasteiger partial charge in [0.15, 0.2) is 0 Å². The number of nitrogens with two attached hydrogens (primary N) is 1. The summed E-state index contributed by atoms with van der Waals surface area (Å²) >= 11 is 1.50. The summed E-state index contributed by atoms with van der Waals surface area (Å²) in [6.07, 6.45) is 1.28. The number of rotatable bonds is 7. The third kappa shape index (κ3) is 4.17. The van der Waals surface area contributed by atoms with Crippen LogP contribution in [0.15, 0.2) is 10.9 Å². The van der Waals surface area contributed by atoms with Gasteiger partial charge in [-0.3, -0.25) is 11.3 Å². The van der Waals surface area contributed by atoms with Gasteiger partial charge in [-0.25, -0.2) is 13.4 Å². The van der Waals surface area contributed by atoms with Gasteiger partial charge in [0.05, 0.1) is 23.0 Å². The molecule has 92 valence electrons. The Labute approximate surface area is 100.0 Å². The van der Waals surface area contributed by atoms with Crippen molar-refractivity contribution in [3.8, 4) is 0 Å². The van der Waals surface area contributed by atoms with Crippen LogP contribution in [0.1, 0.15) is 31.5 Å². The van der Waals surface area contributed by atoms with Crippen LogP contribution >= 0.6 is 11.3 Å². The maximum Gasteiger partial charge on any atom is 0.150 e. The van der Waals surface area contributed by atoms with Crippen LogP contribution < -0.4 is 11.3 Å². The highest BCUT2D eigenvalue weighted by Crippen LogP contribution is 2.17. The largest absolute Gasteiger partial charge is 0.271 e. The highest BCUT2D eigenvalue weighted by Gasteiger charge is 2.13. The number of thiazole rings is 1. The van der Waals surface area contributed by atoms with Crippen LogP contribution in [0.3, 0.4) is 0 Å². The average molecular weight is 263 g/mol. The first-order valence-electron chi connectivity index (χ1n) is 5.13. The van der Waals surface area contributed by atoms with Gasteiger partial charge in [0.1, 0.15) is 9.84 Å². The third-order valence-corrected chi connectivity index (χ3v) is 4.79. The van der Waals surface area contributed by atoms with Crippen molar-refractivity contribution >= 4 is 21.2 Å². The van der Waals surface area contributed by atoms with E-state index in [9.17, 15) is 8.42 Å². The van der Waals surface area contributed by atoms with Crippen molar-refractivity contribution < 1.29 is 8.42 Å². The van der Waals surface area contributed by atoms with E-state index in [0.717, 1.165) is 5.69 Å². The van der Waals surface area contributed by atoms with Crippen molar-refractivity contribution in [2.45, 2.75) is 25.8 Å². The van der Waals surface area contributed by atoms with Gasteiger partial charge < -0.3 is 0 Å². The van der Waals surface area contributed by atoms with Crippen LogP contribution in [0, 0.1) is 0 Å². The fourth-order valence-corrected chi connectivity index (χ4v) is 2.87. The van der Waals surface area contributed by atoms with Crippen molar-refractivity contribution in [1.29, 1.82) is 0 Å². The lowest BCUT2D eigenvalue weighted by molar-refractivity contribution is 0.498. The smallest absolute Gasteiger partial charge is 0.150 e. The topological polar surface area (TPSA) is 85.1 Å². The summed E-state index contributed by atoms with van der Waals surface area (Å²) in [5, 5.41) is 1.92. The molecule has 0 saturated heterocycles. The molecule has 0 aliphatic carbocycles. The van der Waals surface area contributed by atoms with Crippen molar-refractivity contribution in [2.24, 2.45) is 5.84 Å². The summed E-state index contributed by atoms with van der Waals surface area (Å²) < 4.78 is 22.6. The molecule has 0 aliphatic heterocycles. The highest BCUT2D eigenvalue weighted by molar-refractivity contribution is 7.91. The normalized spacial score (nSPS) is 13.9. The average Bonchev–Trinajstić information content (AvgIpc) is 2.78. The molecule has 0 amide bonds. The zero-order valence-corrected chi connectivity index (χ0v) is 10.9. The molecule has 7 heteroatoms. The van der Waals surface area contributed by atoms with E-state index < -0.39 is 9.84 Å². The third-order valence-electron chi connectivity index (χ3n) is 2.40. The van der Waals surface area contributed by atoms with Gasteiger partial charge in [-0.1, -0.05) is 6.92 Å². The Morgan fingerprint density at radius 1 is 1.62 bits per heavy atom. The molecular formula is C9H17N3O2S2. The number of sulfone groups is 1. The Morgan fingerprint density at radius 2 is 2.38 bits per heavy atom. The minimum absolute atomic E-state index is 0.0571. The zero-order chi connectivity index (χ0) is 12.0. The van der Waals surface area contributed by atoms with E-state index in [0.29, 0.717) is 12.8 Å². The van der Waals surface area contributed by atoms with Gasteiger partial charge in [0.25, 0.3) is 0 Å². The van der Waals surface area contributed by atoms with Crippen LogP contribution in [-0.2, 0) is 9.84 Å². The summed E-state index contributed by atoms with van der Waals surface area (Å²) in [6, 6.07) is -0.0571. The van der Waals surface area contributed by atoms with Crippen molar-refractivity contribution in [3.63, 3.8) is 0 Å². The second-order valence-corrected chi connectivity index (χ2v) is 6.70. The van der Waals surface area contributed by atoms with E-state index in [1.807, 2.05) is 5.38 Å². The van der Waals surface area contributed by atoms with Crippen LogP contribution in [0.4, 0.5) is 0 Å². The molecule has 1 atom stereocenters. The SMILES string of the molecule is CCS(=O)(=O)CCCC(NN)c1cscn1. The molecule has 0 saturated carbocycles. The van der Waals surface area contributed by atoms with Gasteiger partial charge >= 0.3 is 0 Å². The van der Waals surface area contributed by atoms with Crippen LogP contribution in [0.5, 0.6) is 0 Å². The Morgan fingerprint density at radius 3 is 2.88 bits per heavy atom. The molecule has 1 heterocycles. The molecule has 3 N–H and O–H groups in total. The van der Waals surface area contributed by atoms with Crippen molar-refractivity contribution in [1.82, 2.24) is 10.4 Å². The minimum atomic E-state index is -2.88. The van der Waals surface area contributed by atoms with Gasteiger partial charge in [0, 0.05) is 11.1 Å². The quantitative estimate of drug-likeness (QED) is 0.563. The Balaban J connectivity index is 2.42. The molecule has 0 spiro atoms. The summed E-state index contributed by atoms with van der Waals surface area (Å²) in [5.74, 6) is 5.82. The molecule has 0 radical (unpaired) electrons. The standard InChI is InChI=1S/C9H17N3O2S2/c1-2-16(13,14)5-3-4-8(12-10)9-6-15-7-11-9/h6-8,12H,2-5,10H2,1H3. The molecule has 0 aliphatic rings. The second-order valence-electron chi connectivity index (χ2n) is 3.51. The highest BCUT2D eigenvalue weighted by atomic mass is 32.2. The predicted octanol–water partition coefficient (Wildman–Crippen LogP) is 0.862. The van der Waals surface area contributed by atoms with E-state index in [4.69, 9.17) is 5.84 Å². The van der Waals surface area contributed by atoms with E-state index in [1.54, 1.807) is 12.4 Å². The summed E-state index contributed by atoms with van der Waals surface area (Å²) in [7, 11) is -2.88. The van der Waals surface area contributed by atoms with Crippen molar-refractivity contribution in [2.75, 3.05) is 11.5 Å². The van der Waals surface area contributed by atoms with Crippen LogP contribution in [0.2, 0.25) is 0 Å². The van der Waals surface area contributed by atoms with Crippen LogP contribution in [-0.4, -0.2) is 24.9 Å². The number of hydrazine groups is 1. The first-order valence-corrected chi connectivity index (χ1v) is 7.90. The molecule has 1 rings (SSSR count). The molecule has 0 bridgehead atoms. The lowest BCUT2D eigenvalue weighted by Gasteiger charge is -2.12. The molecule has 0 aromatic carbocycles. The summed E-state index contributed by atoms with van der Waals surface area (Å²) in [4.78, 5) is 4.15. The van der Waals surface area contributed by atoms with Gasteiger partial charge in [0.2, 0.25) is 0 Å². The number of nitrogens with one attached hydrogen (secondary N) is 1. The number of hydrogen-bond donors (Lipinski definition) is 2. The van der Waals surface area contributed by atoms with E-state index in [2.05, 4.69) is 10.4 Å². The lowest BCUT2D eigenvalue weighted by atomic mass is 10.1. The first-order chi connectivity index (χ1) is 7.59. The second kappa shape index (κ2) is 6.29. The number of hydrogen-bond acceptors (Lipinski definition) is 6. The molecule has 1 unspecified atom stereocenters. The molecule has 16 heavy (non-hydrogen) atoms. The Kier molecular flexibility index (Phi) is 5.33. The van der Waals surface area contributed by atoms with Gasteiger partial charge in [-0.15, -0.1) is 11.3 Å². The first kappa shape index (κ1) is 13.6. The van der Waals surface area contributed by atoms with E-state index in [1.165, 1.54) is 11.3 Å². The maximum absolute atomic E-state index is 11.3. The molecular weight excluding hydrogens is 246 g/mol. The minimum Gasteiger partial charge on any atom is -0.271 e. The Bertz CT molecular complexity index is 389. The van der Waals surface area contributed by atoms with E-state index >= 15 is 0 Å². The fourth-order valence-electron chi connectivity index (χ4n) is 1.36. The van der Waals surface area contributed by atoms with Crippen molar-refractivity contribution in [3.05, 3.63) is 16.6 Å². The number of aromatic nitrogens is 1. The zero-order valence-electron chi connectivity index (χ0n) is 9.22. The molecule has 1 aromatic heterocycles. The van der Waals surface area contributed by atoms with Gasteiger partial charge in [-0.2, -0.15) is 0 Å². The molecule has 1 aromatic rings. The Hall–Kier alpha value is -0.500. The predicted molar refractivity (Wildman–Crippen MR) is 65.7 cm³/mol. The van der Waals surface area contributed by atoms with E-state index in [-0.39, 0.29) is 17.5 Å². The van der Waals surface area contributed by atoms with Gasteiger partial charge in [-0.05, 0) is 12.8 Å². The monoisotopic (exact) mass is 263 g/mol. The molecule has 5 nitrogen and oxygen atoms in total.